The van der Waals surface area contributed by atoms with Crippen LogP contribution in [0, 0.1) is 0 Å². The van der Waals surface area contributed by atoms with Crippen LogP contribution in [0.3, 0.4) is 0 Å². The summed E-state index contributed by atoms with van der Waals surface area (Å²) >= 11 is 6.09. The molecular weight excluding hydrogens is 302 g/mol. The summed E-state index contributed by atoms with van der Waals surface area (Å²) in [6, 6.07) is 15.9. The van der Waals surface area contributed by atoms with E-state index in [9.17, 15) is 4.79 Å². The maximum atomic E-state index is 12.1. The number of benzene rings is 2. The number of furan rings is 1. The Hall–Kier alpha value is -2.72. The summed E-state index contributed by atoms with van der Waals surface area (Å²) in [5.41, 5.74) is 0.987. The zero-order valence-electron chi connectivity index (χ0n) is 11.5. The molecule has 2 aromatic carbocycles. The molecule has 0 aliphatic carbocycles. The molecule has 22 heavy (non-hydrogen) atoms. The second-order valence-electron chi connectivity index (χ2n) is 4.49. The Balaban J connectivity index is 1.84. The van der Waals surface area contributed by atoms with Gasteiger partial charge in [0.1, 0.15) is 12.0 Å². The lowest BCUT2D eigenvalue weighted by Gasteiger charge is -2.12. The van der Waals surface area contributed by atoms with Crippen LogP contribution in [0.4, 0.5) is 5.69 Å². The van der Waals surface area contributed by atoms with Crippen molar-refractivity contribution >= 4 is 23.2 Å². The van der Waals surface area contributed by atoms with Gasteiger partial charge in [0.25, 0.3) is 5.91 Å². The van der Waals surface area contributed by atoms with E-state index in [0.29, 0.717) is 27.8 Å². The number of nitrogens with one attached hydrogen (secondary N) is 1. The third-order valence-corrected chi connectivity index (χ3v) is 3.29. The van der Waals surface area contributed by atoms with Crippen LogP contribution in [0.1, 0.15) is 10.4 Å². The minimum absolute atomic E-state index is 0.274. The SMILES string of the molecule is O=C(Nc1ccccc1Oc1ccccc1Cl)c1ccoc1. The molecule has 1 N–H and O–H groups in total. The van der Waals surface area contributed by atoms with Crippen LogP contribution in [0.15, 0.2) is 71.5 Å². The zero-order valence-corrected chi connectivity index (χ0v) is 12.2. The Morgan fingerprint density at radius 2 is 1.73 bits per heavy atom. The van der Waals surface area contributed by atoms with Crippen LogP contribution in [-0.2, 0) is 0 Å². The van der Waals surface area contributed by atoms with Gasteiger partial charge in [-0.15, -0.1) is 0 Å². The van der Waals surface area contributed by atoms with E-state index in [2.05, 4.69) is 5.32 Å². The third-order valence-electron chi connectivity index (χ3n) is 2.98. The van der Waals surface area contributed by atoms with Crippen LogP contribution in [0.2, 0.25) is 5.02 Å². The summed E-state index contributed by atoms with van der Waals surface area (Å²) in [5.74, 6) is 0.755. The topological polar surface area (TPSA) is 51.5 Å². The molecule has 0 bridgehead atoms. The molecular formula is C17H12ClNO3. The number of hydrogen-bond donors (Lipinski definition) is 1. The average molecular weight is 314 g/mol. The normalized spacial score (nSPS) is 10.2. The third kappa shape index (κ3) is 3.13. The average Bonchev–Trinajstić information content (AvgIpc) is 3.06. The highest BCUT2D eigenvalue weighted by Gasteiger charge is 2.12. The standard InChI is InChI=1S/C17H12ClNO3/c18-13-5-1-3-7-15(13)22-16-8-4-2-6-14(16)19-17(20)12-9-10-21-11-12/h1-11H,(H,19,20). The van der Waals surface area contributed by atoms with E-state index < -0.39 is 0 Å². The van der Waals surface area contributed by atoms with Crippen molar-refractivity contribution < 1.29 is 13.9 Å². The number of carbonyl (C=O) groups excluding carboxylic acids is 1. The Kier molecular flexibility index (Phi) is 4.12. The number of halogens is 1. The maximum Gasteiger partial charge on any atom is 0.259 e. The molecule has 3 aromatic rings. The first-order valence-electron chi connectivity index (χ1n) is 6.59. The van der Waals surface area contributed by atoms with Gasteiger partial charge in [0.05, 0.1) is 22.5 Å². The molecule has 1 heterocycles. The molecule has 0 atom stereocenters. The predicted octanol–water partition coefficient (Wildman–Crippen LogP) is 4.98. The van der Waals surface area contributed by atoms with E-state index in [1.807, 2.05) is 24.3 Å². The first-order valence-corrected chi connectivity index (χ1v) is 6.97. The fraction of sp³-hybridized carbons (Fsp3) is 0. The number of para-hydroxylation sites is 3. The fourth-order valence-electron chi connectivity index (χ4n) is 1.89. The van der Waals surface area contributed by atoms with Gasteiger partial charge in [0.2, 0.25) is 0 Å². The molecule has 3 rings (SSSR count). The maximum absolute atomic E-state index is 12.1. The smallest absolute Gasteiger partial charge is 0.259 e. The second kappa shape index (κ2) is 6.37. The van der Waals surface area contributed by atoms with Crippen molar-refractivity contribution in [3.05, 3.63) is 77.7 Å². The molecule has 110 valence electrons. The highest BCUT2D eigenvalue weighted by atomic mass is 35.5. The first-order chi connectivity index (χ1) is 10.7. The number of carbonyl (C=O) groups is 1. The number of amides is 1. The predicted molar refractivity (Wildman–Crippen MR) is 84.6 cm³/mol. The van der Waals surface area contributed by atoms with Crippen LogP contribution in [0.25, 0.3) is 0 Å². The van der Waals surface area contributed by atoms with Gasteiger partial charge in [0, 0.05) is 0 Å². The molecule has 5 heteroatoms. The summed E-state index contributed by atoms with van der Waals surface area (Å²) in [4.78, 5) is 12.1. The highest BCUT2D eigenvalue weighted by Crippen LogP contribution is 2.33. The summed E-state index contributed by atoms with van der Waals surface area (Å²) in [5, 5.41) is 3.28. The van der Waals surface area contributed by atoms with Gasteiger partial charge in [-0.2, -0.15) is 0 Å². The molecule has 0 aliphatic heterocycles. The molecule has 0 radical (unpaired) electrons. The van der Waals surface area contributed by atoms with Gasteiger partial charge in [-0.1, -0.05) is 35.9 Å². The largest absolute Gasteiger partial charge is 0.472 e. The minimum Gasteiger partial charge on any atom is -0.472 e. The van der Waals surface area contributed by atoms with Crippen molar-refractivity contribution in [1.82, 2.24) is 0 Å². The van der Waals surface area contributed by atoms with E-state index in [1.54, 1.807) is 30.3 Å². The van der Waals surface area contributed by atoms with E-state index in [-0.39, 0.29) is 5.91 Å². The lowest BCUT2D eigenvalue weighted by atomic mass is 10.2. The zero-order chi connectivity index (χ0) is 15.4. The summed E-state index contributed by atoms with van der Waals surface area (Å²) in [6.07, 6.45) is 2.83. The summed E-state index contributed by atoms with van der Waals surface area (Å²) in [7, 11) is 0. The van der Waals surface area contributed by atoms with E-state index in [4.69, 9.17) is 20.8 Å². The number of ether oxygens (including phenoxy) is 1. The first kappa shape index (κ1) is 14.2. The van der Waals surface area contributed by atoms with Gasteiger partial charge in [0.15, 0.2) is 5.75 Å². The van der Waals surface area contributed by atoms with Crippen molar-refractivity contribution in [3.8, 4) is 11.5 Å². The lowest BCUT2D eigenvalue weighted by Crippen LogP contribution is -2.11. The van der Waals surface area contributed by atoms with Gasteiger partial charge in [-0.25, -0.2) is 0 Å². The molecule has 1 aromatic heterocycles. The Bertz CT molecular complexity index is 784. The molecule has 0 unspecified atom stereocenters. The van der Waals surface area contributed by atoms with Gasteiger partial charge in [-0.05, 0) is 30.3 Å². The fourth-order valence-corrected chi connectivity index (χ4v) is 2.07. The van der Waals surface area contributed by atoms with Crippen molar-refractivity contribution in [1.29, 1.82) is 0 Å². The van der Waals surface area contributed by atoms with E-state index in [0.717, 1.165) is 0 Å². The molecule has 0 saturated heterocycles. The molecule has 0 fully saturated rings. The molecule has 0 spiro atoms. The van der Waals surface area contributed by atoms with Gasteiger partial charge in [-0.3, -0.25) is 4.79 Å². The minimum atomic E-state index is -0.274. The monoisotopic (exact) mass is 313 g/mol. The van der Waals surface area contributed by atoms with Crippen LogP contribution in [-0.4, -0.2) is 5.91 Å². The molecule has 1 amide bonds. The molecule has 4 nitrogen and oxygen atoms in total. The highest BCUT2D eigenvalue weighted by molar-refractivity contribution is 6.32. The number of hydrogen-bond acceptors (Lipinski definition) is 3. The van der Waals surface area contributed by atoms with Gasteiger partial charge >= 0.3 is 0 Å². The summed E-state index contributed by atoms with van der Waals surface area (Å²) in [6.45, 7) is 0. The Morgan fingerprint density at radius 1 is 1.00 bits per heavy atom. The number of rotatable bonds is 4. The lowest BCUT2D eigenvalue weighted by molar-refractivity contribution is 0.102. The second-order valence-corrected chi connectivity index (χ2v) is 4.90. The van der Waals surface area contributed by atoms with Gasteiger partial charge < -0.3 is 14.5 Å². The quantitative estimate of drug-likeness (QED) is 0.739. The van der Waals surface area contributed by atoms with Crippen LogP contribution >= 0.6 is 11.6 Å². The van der Waals surface area contributed by atoms with E-state index >= 15 is 0 Å². The Morgan fingerprint density at radius 3 is 2.45 bits per heavy atom. The van der Waals surface area contributed by atoms with Crippen molar-refractivity contribution in [2.24, 2.45) is 0 Å². The summed E-state index contributed by atoms with van der Waals surface area (Å²) < 4.78 is 10.7. The van der Waals surface area contributed by atoms with Crippen molar-refractivity contribution in [2.45, 2.75) is 0 Å². The number of anilines is 1. The Labute approximate surface area is 132 Å². The molecule has 0 saturated carbocycles. The van der Waals surface area contributed by atoms with Crippen molar-refractivity contribution in [2.75, 3.05) is 5.32 Å². The molecule has 0 aliphatic rings. The van der Waals surface area contributed by atoms with Crippen LogP contribution in [0.5, 0.6) is 11.5 Å². The van der Waals surface area contributed by atoms with Crippen molar-refractivity contribution in [3.63, 3.8) is 0 Å². The van der Waals surface area contributed by atoms with Crippen LogP contribution < -0.4 is 10.1 Å². The van der Waals surface area contributed by atoms with E-state index in [1.165, 1.54) is 12.5 Å².